The maximum Gasteiger partial charge on any atom is 0.339 e. The number of benzene rings is 2. The van der Waals surface area contributed by atoms with E-state index in [1.807, 2.05) is 73.0 Å². The van der Waals surface area contributed by atoms with Crippen molar-refractivity contribution in [1.82, 2.24) is 9.55 Å². The molecule has 1 unspecified atom stereocenters. The summed E-state index contributed by atoms with van der Waals surface area (Å²) in [5, 5.41) is 0.778. The molecule has 0 spiro atoms. The van der Waals surface area contributed by atoms with Crippen LogP contribution >= 0.6 is 0 Å². The number of carbonyl (C=O) groups is 2. The zero-order chi connectivity index (χ0) is 25.4. The van der Waals surface area contributed by atoms with Crippen molar-refractivity contribution >= 4 is 22.7 Å². The highest BCUT2D eigenvalue weighted by Gasteiger charge is 2.27. The molecule has 1 atom stereocenters. The summed E-state index contributed by atoms with van der Waals surface area (Å²) in [5.74, 6) is 0.551. The maximum atomic E-state index is 13.4. The lowest BCUT2D eigenvalue weighted by Crippen LogP contribution is -2.21. The summed E-state index contributed by atoms with van der Waals surface area (Å²) in [6.07, 6.45) is 2.68. The van der Waals surface area contributed by atoms with Gasteiger partial charge in [0.1, 0.15) is 5.75 Å². The fourth-order valence-electron chi connectivity index (χ4n) is 5.25. The molecular formula is C30H30N2O4. The third-order valence-electron chi connectivity index (χ3n) is 7.11. The van der Waals surface area contributed by atoms with Crippen LogP contribution in [0.1, 0.15) is 56.7 Å². The van der Waals surface area contributed by atoms with Gasteiger partial charge in [0.05, 0.1) is 18.2 Å². The highest BCUT2D eigenvalue weighted by molar-refractivity contribution is 6.06. The number of esters is 1. The molecule has 36 heavy (non-hydrogen) atoms. The molecule has 0 radical (unpaired) electrons. The molecule has 0 saturated carbocycles. The van der Waals surface area contributed by atoms with Gasteiger partial charge in [-0.3, -0.25) is 9.78 Å². The molecule has 0 bridgehead atoms. The Balaban J connectivity index is 1.41. The molecule has 0 fully saturated rings. The van der Waals surface area contributed by atoms with Crippen molar-refractivity contribution in [2.45, 2.75) is 40.0 Å². The van der Waals surface area contributed by atoms with Crippen molar-refractivity contribution in [3.05, 3.63) is 88.4 Å². The van der Waals surface area contributed by atoms with E-state index in [0.29, 0.717) is 17.0 Å². The topological polar surface area (TPSA) is 70.4 Å². The van der Waals surface area contributed by atoms with E-state index in [0.717, 1.165) is 64.2 Å². The molecule has 0 saturated heterocycles. The number of pyridine rings is 1. The number of aromatic nitrogens is 2. The fourth-order valence-corrected chi connectivity index (χ4v) is 5.25. The lowest BCUT2D eigenvalue weighted by Gasteiger charge is -2.24. The molecule has 0 aliphatic heterocycles. The Kier molecular flexibility index (Phi) is 6.35. The van der Waals surface area contributed by atoms with E-state index in [1.54, 1.807) is 7.11 Å². The lowest BCUT2D eigenvalue weighted by atomic mass is 9.84. The molecule has 1 aliphatic carbocycles. The largest absolute Gasteiger partial charge is 0.497 e. The Morgan fingerprint density at radius 2 is 1.83 bits per heavy atom. The minimum atomic E-state index is -0.462. The summed E-state index contributed by atoms with van der Waals surface area (Å²) in [7, 11) is 1.63. The van der Waals surface area contributed by atoms with Crippen LogP contribution in [-0.4, -0.2) is 35.0 Å². The first-order valence-electron chi connectivity index (χ1n) is 12.3. The predicted octanol–water partition coefficient (Wildman–Crippen LogP) is 5.82. The minimum Gasteiger partial charge on any atom is -0.497 e. The molecule has 184 valence electrons. The molecule has 2 aromatic carbocycles. The van der Waals surface area contributed by atoms with Crippen LogP contribution in [0.3, 0.4) is 0 Å². The number of Topliss-reactive ketones (excluding diaryl/α,β-unsaturated/α-hetero) is 1. The molecule has 0 amide bonds. The number of hydrogen-bond donors (Lipinski definition) is 0. The van der Waals surface area contributed by atoms with Crippen LogP contribution in [0.15, 0.2) is 54.6 Å². The molecule has 4 aromatic rings. The molecule has 2 aromatic heterocycles. The molecular weight excluding hydrogens is 452 g/mol. The normalized spacial score (nSPS) is 14.9. The van der Waals surface area contributed by atoms with Crippen molar-refractivity contribution in [2.24, 2.45) is 5.92 Å². The quantitative estimate of drug-likeness (QED) is 0.256. The van der Waals surface area contributed by atoms with E-state index >= 15 is 0 Å². The zero-order valence-corrected chi connectivity index (χ0v) is 21.1. The van der Waals surface area contributed by atoms with E-state index in [4.69, 9.17) is 14.5 Å². The van der Waals surface area contributed by atoms with Crippen LogP contribution in [0.5, 0.6) is 5.75 Å². The zero-order valence-electron chi connectivity index (χ0n) is 21.1. The highest BCUT2D eigenvalue weighted by atomic mass is 16.5. The summed E-state index contributed by atoms with van der Waals surface area (Å²) >= 11 is 0. The van der Waals surface area contributed by atoms with Crippen molar-refractivity contribution in [3.63, 3.8) is 0 Å². The molecule has 0 N–H and O–H groups in total. The van der Waals surface area contributed by atoms with Gasteiger partial charge in [-0.05, 0) is 81.0 Å². The summed E-state index contributed by atoms with van der Waals surface area (Å²) in [6.45, 7) is 5.74. The number of hydrogen-bond acceptors (Lipinski definition) is 5. The maximum absolute atomic E-state index is 13.4. The fraction of sp³-hybridized carbons (Fsp3) is 0.300. The number of rotatable bonds is 6. The number of ether oxygens (including phenoxy) is 2. The van der Waals surface area contributed by atoms with Gasteiger partial charge in [-0.25, -0.2) is 4.79 Å². The van der Waals surface area contributed by atoms with Gasteiger partial charge in [-0.15, -0.1) is 0 Å². The number of ketones is 1. The standard InChI is InChI=1S/C30H30N2O4/c1-18-9-14-27-25(15-18)29(23-7-5-6-8-26(23)31-27)30(34)36-17-28(33)24-16-19(2)32(20(24)3)21-10-12-22(35-4)13-11-21/h5-8,10-13,16,18H,9,14-15,17H2,1-4H3. The second-order valence-corrected chi connectivity index (χ2v) is 9.59. The van der Waals surface area contributed by atoms with Crippen molar-refractivity contribution in [1.29, 1.82) is 0 Å². The SMILES string of the molecule is COc1ccc(-n2c(C)cc(C(=O)COC(=O)c3c4c(nc5ccccc35)CCC(C)C4)c2C)cc1. The van der Waals surface area contributed by atoms with Gasteiger partial charge in [0, 0.05) is 33.7 Å². The average Bonchev–Trinajstić information content (AvgIpc) is 3.19. The van der Waals surface area contributed by atoms with Crippen molar-refractivity contribution in [2.75, 3.05) is 13.7 Å². The average molecular weight is 483 g/mol. The van der Waals surface area contributed by atoms with E-state index in [1.165, 1.54) is 0 Å². The monoisotopic (exact) mass is 482 g/mol. The van der Waals surface area contributed by atoms with Gasteiger partial charge in [-0.2, -0.15) is 0 Å². The Bertz CT molecular complexity index is 1470. The number of methoxy groups -OCH3 is 1. The van der Waals surface area contributed by atoms with Gasteiger partial charge in [0.15, 0.2) is 6.61 Å². The summed E-state index contributed by atoms with van der Waals surface area (Å²) in [4.78, 5) is 31.4. The van der Waals surface area contributed by atoms with Gasteiger partial charge in [-0.1, -0.05) is 25.1 Å². The predicted molar refractivity (Wildman–Crippen MR) is 139 cm³/mol. The summed E-state index contributed by atoms with van der Waals surface area (Å²) in [6, 6.07) is 17.2. The first-order valence-corrected chi connectivity index (χ1v) is 12.3. The minimum absolute atomic E-state index is 0.225. The number of carbonyl (C=O) groups excluding carboxylic acids is 2. The molecule has 5 rings (SSSR count). The Labute approximate surface area is 210 Å². The Hall–Kier alpha value is -3.93. The number of nitrogens with zero attached hydrogens (tertiary/aromatic N) is 2. The van der Waals surface area contributed by atoms with Gasteiger partial charge < -0.3 is 14.0 Å². The third-order valence-corrected chi connectivity index (χ3v) is 7.11. The van der Waals surface area contributed by atoms with E-state index in [-0.39, 0.29) is 12.4 Å². The van der Waals surface area contributed by atoms with E-state index in [9.17, 15) is 9.59 Å². The summed E-state index contributed by atoms with van der Waals surface area (Å²) in [5.41, 5.74) is 6.48. The third kappa shape index (κ3) is 4.28. The molecule has 1 aliphatic rings. The Morgan fingerprint density at radius 1 is 1.08 bits per heavy atom. The molecule has 2 heterocycles. The van der Waals surface area contributed by atoms with Crippen LogP contribution < -0.4 is 4.74 Å². The van der Waals surface area contributed by atoms with Crippen LogP contribution in [0.4, 0.5) is 0 Å². The van der Waals surface area contributed by atoms with Crippen LogP contribution in [0.25, 0.3) is 16.6 Å². The van der Waals surface area contributed by atoms with Crippen molar-refractivity contribution < 1.29 is 19.1 Å². The number of para-hydroxylation sites is 1. The van der Waals surface area contributed by atoms with E-state index in [2.05, 4.69) is 6.92 Å². The van der Waals surface area contributed by atoms with E-state index < -0.39 is 5.97 Å². The van der Waals surface area contributed by atoms with Gasteiger partial charge >= 0.3 is 5.97 Å². The van der Waals surface area contributed by atoms with Crippen molar-refractivity contribution in [3.8, 4) is 11.4 Å². The first kappa shape index (κ1) is 23.8. The van der Waals surface area contributed by atoms with Crippen LogP contribution in [-0.2, 0) is 17.6 Å². The van der Waals surface area contributed by atoms with Gasteiger partial charge in [0.2, 0.25) is 5.78 Å². The number of aryl methyl sites for hydroxylation is 2. The lowest BCUT2D eigenvalue weighted by molar-refractivity contribution is 0.0475. The second-order valence-electron chi connectivity index (χ2n) is 9.59. The molecule has 6 nitrogen and oxygen atoms in total. The Morgan fingerprint density at radius 3 is 2.58 bits per heavy atom. The smallest absolute Gasteiger partial charge is 0.339 e. The molecule has 6 heteroatoms. The number of fused-ring (bicyclic) bond motifs is 2. The van der Waals surface area contributed by atoms with Crippen LogP contribution in [0.2, 0.25) is 0 Å². The first-order chi connectivity index (χ1) is 17.4. The second kappa shape index (κ2) is 9.61. The summed E-state index contributed by atoms with van der Waals surface area (Å²) < 4.78 is 12.9. The van der Waals surface area contributed by atoms with Crippen LogP contribution in [0, 0.1) is 19.8 Å². The van der Waals surface area contributed by atoms with Gasteiger partial charge in [0.25, 0.3) is 0 Å². The highest BCUT2D eigenvalue weighted by Crippen LogP contribution is 2.32.